The Morgan fingerprint density at radius 3 is 2.71 bits per heavy atom. The molecule has 94 valence electrons. The smallest absolute Gasteiger partial charge is 0.0679 e. The molecule has 3 heteroatoms. The van der Waals surface area contributed by atoms with Crippen molar-refractivity contribution in [3.63, 3.8) is 0 Å². The second-order valence-corrected chi connectivity index (χ2v) is 5.12. The molecule has 0 aromatic heterocycles. The quantitative estimate of drug-likeness (QED) is 0.827. The number of benzene rings is 1. The first-order chi connectivity index (χ1) is 8.16. The van der Waals surface area contributed by atoms with Gasteiger partial charge in [0, 0.05) is 25.7 Å². The molecule has 3 N–H and O–H groups in total. The number of hydrogen-bond donors (Lipinski definition) is 2. The molecular weight excluding hydrogens is 212 g/mol. The van der Waals surface area contributed by atoms with E-state index in [0.717, 1.165) is 26.1 Å². The number of aliphatic hydroxyl groups is 1. The lowest BCUT2D eigenvalue weighted by Gasteiger charge is -2.25. The van der Waals surface area contributed by atoms with E-state index >= 15 is 0 Å². The molecule has 3 unspecified atom stereocenters. The maximum Gasteiger partial charge on any atom is 0.0679 e. The van der Waals surface area contributed by atoms with Gasteiger partial charge in [0.2, 0.25) is 0 Å². The Balaban J connectivity index is 1.89. The van der Waals surface area contributed by atoms with E-state index in [1.165, 1.54) is 5.56 Å². The minimum absolute atomic E-state index is 0.0777. The molecule has 0 bridgehead atoms. The second kappa shape index (κ2) is 5.63. The summed E-state index contributed by atoms with van der Waals surface area (Å²) in [5.41, 5.74) is 7.46. The minimum Gasteiger partial charge on any atom is -0.392 e. The molecule has 1 aliphatic rings. The standard InChI is InChI=1S/C14H22N2O/c1-11(9-16-8-7-13(17)10-16)14(15)12-5-3-2-4-6-12/h2-6,11,13-14,17H,7-10,15H2,1H3. The Bertz CT molecular complexity index is 341. The molecular formula is C14H22N2O. The predicted molar refractivity (Wildman–Crippen MR) is 69.6 cm³/mol. The van der Waals surface area contributed by atoms with Gasteiger partial charge in [0.1, 0.15) is 0 Å². The van der Waals surface area contributed by atoms with Crippen molar-refractivity contribution >= 4 is 0 Å². The van der Waals surface area contributed by atoms with Gasteiger partial charge in [0.05, 0.1) is 6.10 Å². The van der Waals surface area contributed by atoms with Gasteiger partial charge < -0.3 is 15.7 Å². The van der Waals surface area contributed by atoms with Gasteiger partial charge in [-0.15, -0.1) is 0 Å². The first-order valence-electron chi connectivity index (χ1n) is 6.38. The van der Waals surface area contributed by atoms with Crippen LogP contribution in [0.3, 0.4) is 0 Å². The second-order valence-electron chi connectivity index (χ2n) is 5.12. The van der Waals surface area contributed by atoms with Gasteiger partial charge in [-0.05, 0) is 17.9 Å². The molecule has 0 amide bonds. The van der Waals surface area contributed by atoms with Gasteiger partial charge in [-0.25, -0.2) is 0 Å². The summed E-state index contributed by atoms with van der Waals surface area (Å²) in [6.45, 7) is 4.94. The van der Waals surface area contributed by atoms with Gasteiger partial charge in [0.25, 0.3) is 0 Å². The maximum absolute atomic E-state index is 9.50. The highest BCUT2D eigenvalue weighted by Crippen LogP contribution is 2.21. The topological polar surface area (TPSA) is 49.5 Å². The molecule has 1 aromatic carbocycles. The zero-order chi connectivity index (χ0) is 12.3. The van der Waals surface area contributed by atoms with E-state index in [-0.39, 0.29) is 12.1 Å². The zero-order valence-corrected chi connectivity index (χ0v) is 10.4. The van der Waals surface area contributed by atoms with Gasteiger partial charge in [0.15, 0.2) is 0 Å². The highest BCUT2D eigenvalue weighted by atomic mass is 16.3. The lowest BCUT2D eigenvalue weighted by Crippen LogP contribution is -2.32. The zero-order valence-electron chi connectivity index (χ0n) is 10.4. The highest BCUT2D eigenvalue weighted by molar-refractivity contribution is 5.19. The van der Waals surface area contributed by atoms with Crippen LogP contribution in [-0.2, 0) is 0 Å². The Hall–Kier alpha value is -0.900. The number of likely N-dealkylation sites (tertiary alicyclic amines) is 1. The fourth-order valence-corrected chi connectivity index (χ4v) is 2.50. The first-order valence-corrected chi connectivity index (χ1v) is 6.38. The number of rotatable bonds is 4. The summed E-state index contributed by atoms with van der Waals surface area (Å²) in [5.74, 6) is 0.405. The average molecular weight is 234 g/mol. The van der Waals surface area contributed by atoms with Gasteiger partial charge >= 0.3 is 0 Å². The molecule has 1 fully saturated rings. The molecule has 3 nitrogen and oxygen atoms in total. The highest BCUT2D eigenvalue weighted by Gasteiger charge is 2.24. The van der Waals surface area contributed by atoms with Crippen molar-refractivity contribution in [3.8, 4) is 0 Å². The number of hydrogen-bond acceptors (Lipinski definition) is 3. The van der Waals surface area contributed by atoms with E-state index in [0.29, 0.717) is 5.92 Å². The van der Waals surface area contributed by atoms with Crippen LogP contribution in [0.1, 0.15) is 24.9 Å². The Morgan fingerprint density at radius 1 is 1.41 bits per heavy atom. The molecule has 17 heavy (non-hydrogen) atoms. The van der Waals surface area contributed by atoms with Crippen molar-refractivity contribution in [3.05, 3.63) is 35.9 Å². The van der Waals surface area contributed by atoms with Crippen LogP contribution in [0.4, 0.5) is 0 Å². The van der Waals surface area contributed by atoms with E-state index in [2.05, 4.69) is 24.0 Å². The SMILES string of the molecule is CC(CN1CCC(O)C1)C(N)c1ccccc1. The number of nitrogens with zero attached hydrogens (tertiary/aromatic N) is 1. The van der Waals surface area contributed by atoms with Crippen molar-refractivity contribution in [1.29, 1.82) is 0 Å². The molecule has 2 rings (SSSR count). The Kier molecular flexibility index (Phi) is 4.15. The van der Waals surface area contributed by atoms with Gasteiger partial charge in [-0.1, -0.05) is 37.3 Å². The lowest BCUT2D eigenvalue weighted by molar-refractivity contribution is 0.168. The van der Waals surface area contributed by atoms with Crippen molar-refractivity contribution in [2.45, 2.75) is 25.5 Å². The van der Waals surface area contributed by atoms with Crippen LogP contribution in [0.2, 0.25) is 0 Å². The molecule has 0 saturated carbocycles. The normalized spacial score (nSPS) is 24.8. The third-order valence-corrected chi connectivity index (χ3v) is 3.59. The predicted octanol–water partition coefficient (Wildman–Crippen LogP) is 1.39. The summed E-state index contributed by atoms with van der Waals surface area (Å²) in [4.78, 5) is 2.30. The van der Waals surface area contributed by atoms with E-state index < -0.39 is 0 Å². The van der Waals surface area contributed by atoms with Crippen molar-refractivity contribution in [2.24, 2.45) is 11.7 Å². The molecule has 0 radical (unpaired) electrons. The van der Waals surface area contributed by atoms with Crippen LogP contribution < -0.4 is 5.73 Å². The number of aliphatic hydroxyl groups excluding tert-OH is 1. The van der Waals surface area contributed by atoms with Crippen LogP contribution in [0.25, 0.3) is 0 Å². The molecule has 1 aliphatic heterocycles. The number of β-amino-alcohol motifs (C(OH)–C–C–N with tert-alkyl or cyclic N) is 1. The van der Waals surface area contributed by atoms with Crippen LogP contribution in [-0.4, -0.2) is 35.7 Å². The van der Waals surface area contributed by atoms with Crippen LogP contribution in [0.5, 0.6) is 0 Å². The monoisotopic (exact) mass is 234 g/mol. The van der Waals surface area contributed by atoms with E-state index in [1.54, 1.807) is 0 Å². The van der Waals surface area contributed by atoms with E-state index in [9.17, 15) is 5.11 Å². The summed E-state index contributed by atoms with van der Waals surface area (Å²) in [7, 11) is 0. The summed E-state index contributed by atoms with van der Waals surface area (Å²) in [5, 5.41) is 9.50. The minimum atomic E-state index is -0.143. The van der Waals surface area contributed by atoms with E-state index in [4.69, 9.17) is 5.73 Å². The fourth-order valence-electron chi connectivity index (χ4n) is 2.50. The summed E-state index contributed by atoms with van der Waals surface area (Å²) in [6, 6.07) is 10.3. The average Bonchev–Trinajstić information content (AvgIpc) is 2.75. The van der Waals surface area contributed by atoms with Crippen molar-refractivity contribution in [2.75, 3.05) is 19.6 Å². The summed E-state index contributed by atoms with van der Waals surface area (Å²) in [6.07, 6.45) is 0.753. The largest absolute Gasteiger partial charge is 0.392 e. The fraction of sp³-hybridized carbons (Fsp3) is 0.571. The maximum atomic E-state index is 9.50. The third kappa shape index (κ3) is 3.28. The third-order valence-electron chi connectivity index (χ3n) is 3.59. The summed E-state index contributed by atoms with van der Waals surface area (Å²) < 4.78 is 0. The van der Waals surface area contributed by atoms with Crippen LogP contribution in [0.15, 0.2) is 30.3 Å². The molecule has 0 spiro atoms. The molecule has 1 saturated heterocycles. The summed E-state index contributed by atoms with van der Waals surface area (Å²) >= 11 is 0. The molecule has 3 atom stereocenters. The van der Waals surface area contributed by atoms with Crippen LogP contribution in [0, 0.1) is 5.92 Å². The number of nitrogens with two attached hydrogens (primary N) is 1. The Labute approximate surface area is 103 Å². The first kappa shape index (κ1) is 12.6. The van der Waals surface area contributed by atoms with Crippen molar-refractivity contribution < 1.29 is 5.11 Å². The molecule has 1 aromatic rings. The Morgan fingerprint density at radius 2 is 2.12 bits per heavy atom. The van der Waals surface area contributed by atoms with Gasteiger partial charge in [-0.2, -0.15) is 0 Å². The lowest BCUT2D eigenvalue weighted by atomic mass is 9.95. The van der Waals surface area contributed by atoms with Crippen LogP contribution >= 0.6 is 0 Å². The van der Waals surface area contributed by atoms with Gasteiger partial charge in [-0.3, -0.25) is 0 Å². The molecule has 1 heterocycles. The van der Waals surface area contributed by atoms with Crippen molar-refractivity contribution in [1.82, 2.24) is 4.90 Å². The van der Waals surface area contributed by atoms with E-state index in [1.807, 2.05) is 18.2 Å². The molecule has 0 aliphatic carbocycles.